The fourth-order valence-corrected chi connectivity index (χ4v) is 3.04. The van der Waals surface area contributed by atoms with Gasteiger partial charge in [-0.2, -0.15) is 0 Å². The Morgan fingerprint density at radius 2 is 2.11 bits per heavy atom. The molecule has 0 aromatic heterocycles. The molecule has 0 bridgehead atoms. The van der Waals surface area contributed by atoms with E-state index >= 15 is 0 Å². The summed E-state index contributed by atoms with van der Waals surface area (Å²) in [6, 6.07) is 1.28. The van der Waals surface area contributed by atoms with E-state index < -0.39 is 0 Å². The Kier molecular flexibility index (Phi) is 4.64. The van der Waals surface area contributed by atoms with Gasteiger partial charge in [0.05, 0.1) is 12.1 Å². The summed E-state index contributed by atoms with van der Waals surface area (Å²) < 4.78 is 0. The minimum Gasteiger partial charge on any atom is -0.394 e. The largest absolute Gasteiger partial charge is 0.394 e. The van der Waals surface area contributed by atoms with Gasteiger partial charge in [0.2, 0.25) is 0 Å². The quantitative estimate of drug-likeness (QED) is 0.726. The van der Waals surface area contributed by atoms with Crippen LogP contribution in [0.3, 0.4) is 0 Å². The van der Waals surface area contributed by atoms with Crippen LogP contribution in [0.15, 0.2) is 0 Å². The van der Waals surface area contributed by atoms with Crippen LogP contribution in [0.2, 0.25) is 0 Å². The number of aliphatic hydroxyl groups is 1. The molecule has 0 radical (unpaired) electrons. The van der Waals surface area contributed by atoms with Crippen LogP contribution in [0.4, 0.5) is 0 Å². The third-order valence-corrected chi connectivity index (χ3v) is 4.30. The summed E-state index contributed by atoms with van der Waals surface area (Å²) in [5.41, 5.74) is -0.147. The number of piperidine rings is 1. The molecule has 2 unspecified atom stereocenters. The number of rotatable bonds is 6. The van der Waals surface area contributed by atoms with Crippen LogP contribution in [-0.4, -0.2) is 72.9 Å². The zero-order valence-corrected chi connectivity index (χ0v) is 12.2. The van der Waals surface area contributed by atoms with E-state index in [2.05, 4.69) is 36.1 Å². The lowest BCUT2D eigenvalue weighted by Crippen LogP contribution is -2.57. The van der Waals surface area contributed by atoms with E-state index in [9.17, 15) is 5.11 Å². The number of likely N-dealkylation sites (N-methyl/N-ethyl adjacent to an activating group) is 2. The maximum absolute atomic E-state index is 9.66. The van der Waals surface area contributed by atoms with Gasteiger partial charge in [0.1, 0.15) is 0 Å². The highest BCUT2D eigenvalue weighted by atomic mass is 16.3. The van der Waals surface area contributed by atoms with E-state index in [1.165, 1.54) is 32.2 Å². The Morgan fingerprint density at radius 3 is 2.67 bits per heavy atom. The lowest BCUT2D eigenvalue weighted by atomic mass is 9.99. The predicted octanol–water partition coefficient (Wildman–Crippen LogP) is 0.515. The molecule has 0 spiro atoms. The maximum Gasteiger partial charge on any atom is 0.0623 e. The Bertz CT molecular complexity index is 270. The lowest BCUT2D eigenvalue weighted by Gasteiger charge is -2.40. The van der Waals surface area contributed by atoms with Crippen LogP contribution in [0.5, 0.6) is 0 Å². The molecule has 106 valence electrons. The van der Waals surface area contributed by atoms with Crippen molar-refractivity contribution >= 4 is 0 Å². The van der Waals surface area contributed by atoms with Crippen molar-refractivity contribution in [2.75, 3.05) is 40.3 Å². The topological polar surface area (TPSA) is 38.7 Å². The van der Waals surface area contributed by atoms with Crippen molar-refractivity contribution in [2.24, 2.45) is 0 Å². The average Bonchev–Trinajstić information content (AvgIpc) is 3.12. The van der Waals surface area contributed by atoms with Gasteiger partial charge in [0.25, 0.3) is 0 Å². The third-order valence-electron chi connectivity index (χ3n) is 4.30. The number of hydrogen-bond donors (Lipinski definition) is 2. The Labute approximate surface area is 111 Å². The molecular weight excluding hydrogens is 226 g/mol. The van der Waals surface area contributed by atoms with E-state index in [0.29, 0.717) is 12.1 Å². The highest BCUT2D eigenvalue weighted by Gasteiger charge is 2.34. The van der Waals surface area contributed by atoms with Crippen LogP contribution in [0, 0.1) is 0 Å². The monoisotopic (exact) mass is 255 g/mol. The van der Waals surface area contributed by atoms with Gasteiger partial charge in [-0.05, 0) is 53.2 Å². The summed E-state index contributed by atoms with van der Waals surface area (Å²) in [4.78, 5) is 4.84. The Hall–Kier alpha value is -0.160. The summed E-state index contributed by atoms with van der Waals surface area (Å²) in [7, 11) is 4.40. The molecule has 0 aromatic carbocycles. The van der Waals surface area contributed by atoms with Gasteiger partial charge < -0.3 is 20.2 Å². The highest BCUT2D eigenvalue weighted by Crippen LogP contribution is 2.23. The van der Waals surface area contributed by atoms with E-state index in [4.69, 9.17) is 0 Å². The van der Waals surface area contributed by atoms with Crippen molar-refractivity contribution in [1.82, 2.24) is 15.1 Å². The van der Waals surface area contributed by atoms with Gasteiger partial charge >= 0.3 is 0 Å². The second-order valence-corrected chi connectivity index (χ2v) is 6.61. The van der Waals surface area contributed by atoms with Crippen LogP contribution in [-0.2, 0) is 0 Å². The van der Waals surface area contributed by atoms with Gasteiger partial charge in [0, 0.05) is 25.2 Å². The smallest absolute Gasteiger partial charge is 0.0623 e. The molecule has 1 aliphatic heterocycles. The second-order valence-electron chi connectivity index (χ2n) is 6.61. The summed E-state index contributed by atoms with van der Waals surface area (Å²) in [6.45, 7) is 5.67. The van der Waals surface area contributed by atoms with Gasteiger partial charge in [-0.15, -0.1) is 0 Å². The SMILES string of the molecule is CN1CCCC(N(C)CC(C)(CO)NC2CC2)C1. The molecule has 2 atom stereocenters. The van der Waals surface area contributed by atoms with E-state index in [0.717, 1.165) is 13.1 Å². The third kappa shape index (κ3) is 3.92. The average molecular weight is 255 g/mol. The molecule has 18 heavy (non-hydrogen) atoms. The fourth-order valence-electron chi connectivity index (χ4n) is 3.04. The van der Waals surface area contributed by atoms with Gasteiger partial charge in [0.15, 0.2) is 0 Å². The van der Waals surface area contributed by atoms with Crippen LogP contribution >= 0.6 is 0 Å². The molecule has 0 aromatic rings. The Morgan fingerprint density at radius 1 is 1.39 bits per heavy atom. The molecular formula is C14H29N3O. The molecule has 2 fully saturated rings. The number of hydrogen-bond acceptors (Lipinski definition) is 4. The summed E-state index contributed by atoms with van der Waals surface area (Å²) in [5, 5.41) is 13.3. The first-order valence-electron chi connectivity index (χ1n) is 7.30. The zero-order chi connectivity index (χ0) is 13.2. The Balaban J connectivity index is 1.85. The number of aliphatic hydroxyl groups excluding tert-OH is 1. The molecule has 2 rings (SSSR count). The van der Waals surface area contributed by atoms with E-state index in [1.54, 1.807) is 0 Å². The normalized spacial score (nSPS) is 29.5. The minimum absolute atomic E-state index is 0.147. The standard InChI is InChI=1S/C14H29N3O/c1-14(11-18,15-12-6-7-12)10-17(3)13-5-4-8-16(2)9-13/h12-13,15,18H,4-11H2,1-3H3. The van der Waals surface area contributed by atoms with Gasteiger partial charge in [-0.1, -0.05) is 0 Å². The molecule has 2 N–H and O–H groups in total. The number of nitrogens with one attached hydrogen (secondary N) is 1. The first kappa shape index (κ1) is 14.3. The molecule has 0 amide bonds. The van der Waals surface area contributed by atoms with E-state index in [-0.39, 0.29) is 12.1 Å². The number of likely N-dealkylation sites (tertiary alicyclic amines) is 1. The molecule has 4 nitrogen and oxygen atoms in total. The maximum atomic E-state index is 9.66. The first-order valence-corrected chi connectivity index (χ1v) is 7.30. The van der Waals surface area contributed by atoms with Crippen molar-refractivity contribution in [3.63, 3.8) is 0 Å². The minimum atomic E-state index is -0.147. The highest BCUT2D eigenvalue weighted by molar-refractivity contribution is 4.95. The first-order chi connectivity index (χ1) is 8.52. The molecule has 1 heterocycles. The summed E-state index contributed by atoms with van der Waals surface area (Å²) >= 11 is 0. The zero-order valence-electron chi connectivity index (χ0n) is 12.2. The van der Waals surface area contributed by atoms with Gasteiger partial charge in [-0.25, -0.2) is 0 Å². The molecule has 2 aliphatic rings. The van der Waals surface area contributed by atoms with Crippen molar-refractivity contribution in [2.45, 2.75) is 50.2 Å². The molecule has 4 heteroatoms. The fraction of sp³-hybridized carbons (Fsp3) is 1.00. The molecule has 1 saturated carbocycles. The van der Waals surface area contributed by atoms with Crippen LogP contribution < -0.4 is 5.32 Å². The lowest BCUT2D eigenvalue weighted by molar-refractivity contribution is 0.0794. The second kappa shape index (κ2) is 5.87. The van der Waals surface area contributed by atoms with Crippen molar-refractivity contribution in [3.05, 3.63) is 0 Å². The van der Waals surface area contributed by atoms with Crippen molar-refractivity contribution in [3.8, 4) is 0 Å². The number of nitrogens with zero attached hydrogens (tertiary/aromatic N) is 2. The van der Waals surface area contributed by atoms with E-state index in [1.807, 2.05) is 0 Å². The van der Waals surface area contributed by atoms with Crippen molar-refractivity contribution in [1.29, 1.82) is 0 Å². The summed E-state index contributed by atoms with van der Waals surface area (Å²) in [5.74, 6) is 0. The summed E-state index contributed by atoms with van der Waals surface area (Å²) in [6.07, 6.45) is 5.11. The molecule has 1 aliphatic carbocycles. The van der Waals surface area contributed by atoms with Gasteiger partial charge in [-0.3, -0.25) is 0 Å². The molecule has 1 saturated heterocycles. The van der Waals surface area contributed by atoms with Crippen LogP contribution in [0.25, 0.3) is 0 Å². The van der Waals surface area contributed by atoms with Crippen LogP contribution in [0.1, 0.15) is 32.6 Å². The van der Waals surface area contributed by atoms with Crippen molar-refractivity contribution < 1.29 is 5.11 Å². The predicted molar refractivity (Wildman–Crippen MR) is 74.8 cm³/mol.